The lowest BCUT2D eigenvalue weighted by Crippen LogP contribution is -2.53. The van der Waals surface area contributed by atoms with Gasteiger partial charge in [0.1, 0.15) is 5.75 Å². The average molecular weight is 314 g/mol. The van der Waals surface area contributed by atoms with Crippen LogP contribution in [0.5, 0.6) is 5.75 Å². The smallest absolute Gasteiger partial charge is 0.254 e. The molecule has 0 aliphatic carbocycles. The number of nitrogens with two attached hydrogens (primary N) is 1. The van der Waals surface area contributed by atoms with Gasteiger partial charge in [-0.25, -0.2) is 0 Å². The number of hydrogen-bond acceptors (Lipinski definition) is 4. The number of halogens is 1. The second-order valence-electron chi connectivity index (χ2n) is 4.96. The van der Waals surface area contributed by atoms with Gasteiger partial charge in [0.2, 0.25) is 5.91 Å². The fourth-order valence-corrected chi connectivity index (χ4v) is 2.24. The summed E-state index contributed by atoms with van der Waals surface area (Å²) < 4.78 is 0. The number of carbonyl (C=O) groups is 2. The van der Waals surface area contributed by atoms with Crippen molar-refractivity contribution in [3.8, 4) is 5.75 Å². The summed E-state index contributed by atoms with van der Waals surface area (Å²) in [6.07, 6.45) is 0. The maximum atomic E-state index is 12.2. The molecule has 1 aliphatic rings. The van der Waals surface area contributed by atoms with Gasteiger partial charge in [-0.3, -0.25) is 9.59 Å². The molecule has 1 aromatic carbocycles. The van der Waals surface area contributed by atoms with E-state index in [9.17, 15) is 14.7 Å². The Kier molecular flexibility index (Phi) is 5.99. The molecule has 7 heteroatoms. The molecule has 21 heavy (non-hydrogen) atoms. The maximum Gasteiger partial charge on any atom is 0.254 e. The molecule has 0 aromatic heterocycles. The molecule has 6 nitrogen and oxygen atoms in total. The summed E-state index contributed by atoms with van der Waals surface area (Å²) in [6.45, 7) is 3.60. The number of aromatic hydroxyl groups is 1. The first-order valence-corrected chi connectivity index (χ1v) is 6.61. The number of nitrogens with zero attached hydrogens (tertiary/aromatic N) is 2. The number of carbonyl (C=O) groups excluding carboxylic acids is 2. The maximum absolute atomic E-state index is 12.2. The minimum atomic E-state index is -0.511. The predicted molar refractivity (Wildman–Crippen MR) is 81.5 cm³/mol. The Morgan fingerprint density at radius 1 is 1.19 bits per heavy atom. The molecule has 0 radical (unpaired) electrons. The van der Waals surface area contributed by atoms with Crippen LogP contribution in [0.25, 0.3) is 0 Å². The lowest BCUT2D eigenvalue weighted by atomic mass is 10.1. The molecule has 1 aliphatic heterocycles. The second kappa shape index (κ2) is 7.28. The highest BCUT2D eigenvalue weighted by Gasteiger charge is 2.26. The zero-order chi connectivity index (χ0) is 14.7. The third-order valence-electron chi connectivity index (χ3n) is 3.36. The Balaban J connectivity index is 0.00000220. The Morgan fingerprint density at radius 3 is 2.29 bits per heavy atom. The predicted octanol–water partition coefficient (Wildman–Crippen LogP) is 0.446. The van der Waals surface area contributed by atoms with Crippen molar-refractivity contribution in [3.05, 3.63) is 29.8 Å². The van der Waals surface area contributed by atoms with Crippen molar-refractivity contribution in [1.82, 2.24) is 9.80 Å². The molecule has 2 amide bonds. The molecule has 1 saturated heterocycles. The van der Waals surface area contributed by atoms with E-state index < -0.39 is 6.04 Å². The standard InChI is InChI=1S/C14H19N3O3.ClH/c1-10(15)13(19)16-5-7-17(8-6-16)14(20)11-3-2-4-12(18)9-11;/h2-4,9-10,18H,5-8,15H2,1H3;1H/t10-;/m0./s1. The number of amides is 2. The van der Waals surface area contributed by atoms with E-state index in [1.807, 2.05) is 0 Å². The molecule has 0 bridgehead atoms. The van der Waals surface area contributed by atoms with Crippen LogP contribution in [0, 0.1) is 0 Å². The molecule has 0 spiro atoms. The molecule has 3 N–H and O–H groups in total. The SMILES string of the molecule is C[C@H](N)C(=O)N1CCN(C(=O)c2cccc(O)c2)CC1.Cl. The largest absolute Gasteiger partial charge is 0.508 e. The van der Waals surface area contributed by atoms with Gasteiger partial charge in [-0.2, -0.15) is 0 Å². The summed E-state index contributed by atoms with van der Waals surface area (Å²) >= 11 is 0. The first kappa shape index (κ1) is 17.3. The lowest BCUT2D eigenvalue weighted by Gasteiger charge is -2.35. The van der Waals surface area contributed by atoms with E-state index in [-0.39, 0.29) is 30.0 Å². The molecule has 1 fully saturated rings. The van der Waals surface area contributed by atoms with Gasteiger partial charge in [0, 0.05) is 31.7 Å². The molecule has 1 aromatic rings. The minimum Gasteiger partial charge on any atom is -0.508 e. The van der Waals surface area contributed by atoms with Crippen LogP contribution in [0.1, 0.15) is 17.3 Å². The lowest BCUT2D eigenvalue weighted by molar-refractivity contribution is -0.133. The van der Waals surface area contributed by atoms with Crippen LogP contribution in [-0.4, -0.2) is 58.9 Å². The Bertz CT molecular complexity index is 514. The van der Waals surface area contributed by atoms with Gasteiger partial charge in [0.05, 0.1) is 6.04 Å². The zero-order valence-corrected chi connectivity index (χ0v) is 12.7. The normalized spacial score (nSPS) is 16.1. The number of hydrogen-bond donors (Lipinski definition) is 2. The Labute approximate surface area is 129 Å². The number of benzene rings is 1. The summed E-state index contributed by atoms with van der Waals surface area (Å²) in [5, 5.41) is 9.40. The van der Waals surface area contributed by atoms with Crippen molar-refractivity contribution < 1.29 is 14.7 Å². The van der Waals surface area contributed by atoms with Crippen molar-refractivity contribution in [2.75, 3.05) is 26.2 Å². The van der Waals surface area contributed by atoms with Gasteiger partial charge in [-0.05, 0) is 25.1 Å². The fraction of sp³-hybridized carbons (Fsp3) is 0.429. The van der Waals surface area contributed by atoms with Crippen LogP contribution >= 0.6 is 12.4 Å². The van der Waals surface area contributed by atoms with Crippen LogP contribution in [-0.2, 0) is 4.79 Å². The van der Waals surface area contributed by atoms with Gasteiger partial charge in [-0.1, -0.05) is 6.07 Å². The second-order valence-corrected chi connectivity index (χ2v) is 4.96. The van der Waals surface area contributed by atoms with E-state index in [0.717, 1.165) is 0 Å². The van der Waals surface area contributed by atoms with E-state index in [4.69, 9.17) is 5.73 Å². The van der Waals surface area contributed by atoms with E-state index in [2.05, 4.69) is 0 Å². The van der Waals surface area contributed by atoms with Crippen LogP contribution in [0.15, 0.2) is 24.3 Å². The highest BCUT2D eigenvalue weighted by Crippen LogP contribution is 2.14. The first-order chi connectivity index (χ1) is 9.49. The topological polar surface area (TPSA) is 86.9 Å². The molecule has 1 heterocycles. The zero-order valence-electron chi connectivity index (χ0n) is 11.9. The molecule has 2 rings (SSSR count). The van der Waals surface area contributed by atoms with Crippen LogP contribution in [0.4, 0.5) is 0 Å². The van der Waals surface area contributed by atoms with Gasteiger partial charge in [0.25, 0.3) is 5.91 Å². The number of phenols is 1. The summed E-state index contributed by atoms with van der Waals surface area (Å²) in [6, 6.07) is 5.76. The molecule has 1 atom stereocenters. The molecular weight excluding hydrogens is 294 g/mol. The monoisotopic (exact) mass is 313 g/mol. The average Bonchev–Trinajstić information content (AvgIpc) is 2.46. The van der Waals surface area contributed by atoms with Gasteiger partial charge >= 0.3 is 0 Å². The van der Waals surface area contributed by atoms with Crippen LogP contribution in [0.3, 0.4) is 0 Å². The molecular formula is C14H20ClN3O3. The molecule has 0 saturated carbocycles. The van der Waals surface area contributed by atoms with Crippen molar-refractivity contribution in [3.63, 3.8) is 0 Å². The highest BCUT2D eigenvalue weighted by molar-refractivity contribution is 5.94. The number of piperazine rings is 1. The fourth-order valence-electron chi connectivity index (χ4n) is 2.24. The first-order valence-electron chi connectivity index (χ1n) is 6.61. The van der Waals surface area contributed by atoms with E-state index in [0.29, 0.717) is 31.7 Å². The van der Waals surface area contributed by atoms with E-state index >= 15 is 0 Å². The van der Waals surface area contributed by atoms with Crippen molar-refractivity contribution in [2.45, 2.75) is 13.0 Å². The number of rotatable bonds is 2. The Hall–Kier alpha value is -1.79. The van der Waals surface area contributed by atoms with Crippen molar-refractivity contribution >= 4 is 24.2 Å². The van der Waals surface area contributed by atoms with Gasteiger partial charge in [-0.15, -0.1) is 12.4 Å². The minimum absolute atomic E-state index is 0. The molecule has 0 unspecified atom stereocenters. The van der Waals surface area contributed by atoms with Crippen molar-refractivity contribution in [2.24, 2.45) is 5.73 Å². The van der Waals surface area contributed by atoms with Gasteiger partial charge in [0.15, 0.2) is 0 Å². The van der Waals surface area contributed by atoms with E-state index in [1.165, 1.54) is 12.1 Å². The summed E-state index contributed by atoms with van der Waals surface area (Å²) in [4.78, 5) is 27.4. The van der Waals surface area contributed by atoms with Gasteiger partial charge < -0.3 is 20.6 Å². The van der Waals surface area contributed by atoms with Crippen LogP contribution in [0.2, 0.25) is 0 Å². The van der Waals surface area contributed by atoms with E-state index in [1.54, 1.807) is 28.9 Å². The summed E-state index contributed by atoms with van der Waals surface area (Å²) in [7, 11) is 0. The Morgan fingerprint density at radius 2 is 1.76 bits per heavy atom. The highest BCUT2D eigenvalue weighted by atomic mass is 35.5. The summed E-state index contributed by atoms with van der Waals surface area (Å²) in [5.41, 5.74) is 6.02. The molecule has 116 valence electrons. The quantitative estimate of drug-likeness (QED) is 0.830. The summed E-state index contributed by atoms with van der Waals surface area (Å²) in [5.74, 6) is -0.148. The van der Waals surface area contributed by atoms with Crippen LogP contribution < -0.4 is 5.73 Å². The third kappa shape index (κ3) is 4.09. The third-order valence-corrected chi connectivity index (χ3v) is 3.36. The number of phenolic OH excluding ortho intramolecular Hbond substituents is 1. The van der Waals surface area contributed by atoms with Crippen molar-refractivity contribution in [1.29, 1.82) is 0 Å².